The van der Waals surface area contributed by atoms with Crippen molar-refractivity contribution in [3.05, 3.63) is 95.3 Å². The van der Waals surface area contributed by atoms with Crippen LogP contribution in [0.2, 0.25) is 0 Å². The number of amides is 1. The van der Waals surface area contributed by atoms with Crippen molar-refractivity contribution in [2.45, 2.75) is 35.2 Å². The number of rotatable bonds is 7. The van der Waals surface area contributed by atoms with E-state index in [1.807, 2.05) is 54.8 Å². The van der Waals surface area contributed by atoms with Gasteiger partial charge in [-0.2, -0.15) is 4.31 Å². The first-order chi connectivity index (χ1) is 15.9. The third-order valence-electron chi connectivity index (χ3n) is 5.81. The van der Waals surface area contributed by atoms with E-state index in [0.717, 1.165) is 33.7 Å². The normalized spacial score (nSPS) is 16.2. The van der Waals surface area contributed by atoms with E-state index in [1.54, 1.807) is 11.8 Å². The van der Waals surface area contributed by atoms with Crippen LogP contribution < -0.4 is 5.32 Å². The van der Waals surface area contributed by atoms with Crippen LogP contribution in [0.15, 0.2) is 82.6 Å². The molecule has 33 heavy (non-hydrogen) atoms. The third kappa shape index (κ3) is 5.29. The molecule has 0 radical (unpaired) electrons. The molecule has 1 amide bonds. The minimum absolute atomic E-state index is 0.000331. The predicted molar refractivity (Wildman–Crippen MR) is 128 cm³/mol. The van der Waals surface area contributed by atoms with E-state index in [1.165, 1.54) is 16.4 Å². The van der Waals surface area contributed by atoms with Gasteiger partial charge in [0.15, 0.2) is 0 Å². The summed E-state index contributed by atoms with van der Waals surface area (Å²) in [7, 11) is -3.91. The second kappa shape index (κ2) is 10.1. The van der Waals surface area contributed by atoms with Crippen LogP contribution in [0.5, 0.6) is 0 Å². The summed E-state index contributed by atoms with van der Waals surface area (Å²) in [6.07, 6.45) is 2.56. The molecule has 1 aliphatic rings. The van der Waals surface area contributed by atoms with Gasteiger partial charge < -0.3 is 5.32 Å². The molecule has 1 heterocycles. The van der Waals surface area contributed by atoms with Crippen LogP contribution in [0.3, 0.4) is 0 Å². The minimum Gasteiger partial charge on any atom is -0.352 e. The topological polar surface area (TPSA) is 66.5 Å². The SMILES string of the molecule is CSc1ccc(CNC(=O)C[C@@H]2c3ccccc3CCN2S(=O)(=O)c2ccc(F)cc2)cc1. The summed E-state index contributed by atoms with van der Waals surface area (Å²) >= 11 is 1.65. The van der Waals surface area contributed by atoms with E-state index in [0.29, 0.717) is 13.0 Å². The van der Waals surface area contributed by atoms with Crippen LogP contribution in [-0.2, 0) is 27.8 Å². The number of nitrogens with one attached hydrogen (secondary N) is 1. The lowest BCUT2D eigenvalue weighted by Crippen LogP contribution is -2.42. The second-order valence-electron chi connectivity index (χ2n) is 7.86. The van der Waals surface area contributed by atoms with Gasteiger partial charge in [-0.25, -0.2) is 12.8 Å². The standard InChI is InChI=1S/C25H25FN2O3S2/c1-32-21-10-6-18(7-11-21)17-27-25(29)16-24-23-5-3-2-4-19(23)14-15-28(24)33(30,31)22-12-8-20(26)9-13-22/h2-13,24H,14-17H2,1H3,(H,27,29)/t24-/m1/s1. The highest BCUT2D eigenvalue weighted by Gasteiger charge is 2.37. The van der Waals surface area contributed by atoms with Crippen LogP contribution in [-0.4, -0.2) is 31.4 Å². The van der Waals surface area contributed by atoms with E-state index in [9.17, 15) is 17.6 Å². The monoisotopic (exact) mass is 484 g/mol. The Hall–Kier alpha value is -2.68. The molecule has 0 aliphatic carbocycles. The number of hydrogen-bond acceptors (Lipinski definition) is 4. The molecule has 0 unspecified atom stereocenters. The number of carbonyl (C=O) groups excluding carboxylic acids is 1. The van der Waals surface area contributed by atoms with Crippen molar-refractivity contribution >= 4 is 27.7 Å². The Morgan fingerprint density at radius 3 is 2.45 bits per heavy atom. The number of thioether (sulfide) groups is 1. The van der Waals surface area contributed by atoms with Crippen LogP contribution >= 0.6 is 11.8 Å². The molecule has 3 aromatic rings. The first kappa shape index (κ1) is 23.5. The van der Waals surface area contributed by atoms with Crippen LogP contribution in [0.4, 0.5) is 4.39 Å². The lowest BCUT2D eigenvalue weighted by atomic mass is 9.92. The Bertz CT molecular complexity index is 1230. The van der Waals surface area contributed by atoms with Crippen molar-refractivity contribution in [3.8, 4) is 0 Å². The number of carbonyl (C=O) groups is 1. The molecule has 0 spiro atoms. The lowest BCUT2D eigenvalue weighted by molar-refractivity contribution is -0.122. The molecule has 4 rings (SSSR count). The number of halogens is 1. The Labute approximate surface area is 198 Å². The lowest BCUT2D eigenvalue weighted by Gasteiger charge is -2.36. The molecule has 0 bridgehead atoms. The fraction of sp³-hybridized carbons (Fsp3) is 0.240. The van der Waals surface area contributed by atoms with Gasteiger partial charge in [0.1, 0.15) is 5.82 Å². The molecule has 0 aromatic heterocycles. The van der Waals surface area contributed by atoms with Gasteiger partial charge in [-0.1, -0.05) is 36.4 Å². The van der Waals surface area contributed by atoms with Crippen molar-refractivity contribution in [1.82, 2.24) is 9.62 Å². The third-order valence-corrected chi connectivity index (χ3v) is 8.48. The summed E-state index contributed by atoms with van der Waals surface area (Å²) < 4.78 is 41.6. The van der Waals surface area contributed by atoms with Crippen LogP contribution in [0.25, 0.3) is 0 Å². The van der Waals surface area contributed by atoms with E-state index in [2.05, 4.69) is 5.32 Å². The minimum atomic E-state index is -3.91. The van der Waals surface area contributed by atoms with Gasteiger partial charge in [-0.3, -0.25) is 4.79 Å². The van der Waals surface area contributed by atoms with E-state index in [4.69, 9.17) is 0 Å². The highest BCUT2D eigenvalue weighted by atomic mass is 32.2. The van der Waals surface area contributed by atoms with E-state index < -0.39 is 21.9 Å². The zero-order valence-corrected chi connectivity index (χ0v) is 19.8. The molecular weight excluding hydrogens is 459 g/mol. The highest BCUT2D eigenvalue weighted by Crippen LogP contribution is 2.36. The zero-order valence-electron chi connectivity index (χ0n) is 18.2. The van der Waals surface area contributed by atoms with Gasteiger partial charge in [0.25, 0.3) is 0 Å². The smallest absolute Gasteiger partial charge is 0.243 e. The van der Waals surface area contributed by atoms with E-state index in [-0.39, 0.29) is 23.8 Å². The average Bonchev–Trinajstić information content (AvgIpc) is 2.83. The molecule has 0 saturated heterocycles. The maximum absolute atomic E-state index is 13.4. The van der Waals surface area contributed by atoms with Crippen molar-refractivity contribution in [2.24, 2.45) is 0 Å². The summed E-state index contributed by atoms with van der Waals surface area (Å²) in [5.41, 5.74) is 2.84. The fourth-order valence-electron chi connectivity index (χ4n) is 4.06. The van der Waals surface area contributed by atoms with Gasteiger partial charge in [0.2, 0.25) is 15.9 Å². The largest absolute Gasteiger partial charge is 0.352 e. The summed E-state index contributed by atoms with van der Waals surface area (Å²) in [5, 5.41) is 2.92. The van der Waals surface area contributed by atoms with Crippen molar-refractivity contribution in [1.29, 1.82) is 0 Å². The summed E-state index contributed by atoms with van der Waals surface area (Å²) in [5.74, 6) is -0.732. The van der Waals surface area contributed by atoms with Crippen LogP contribution in [0.1, 0.15) is 29.2 Å². The average molecular weight is 485 g/mol. The maximum atomic E-state index is 13.4. The zero-order chi connectivity index (χ0) is 23.4. The summed E-state index contributed by atoms with van der Waals surface area (Å²) in [6.45, 7) is 0.622. The van der Waals surface area contributed by atoms with E-state index >= 15 is 0 Å². The molecule has 172 valence electrons. The molecule has 5 nitrogen and oxygen atoms in total. The van der Waals surface area contributed by atoms with Crippen molar-refractivity contribution in [3.63, 3.8) is 0 Å². The van der Waals surface area contributed by atoms with Crippen molar-refractivity contribution < 1.29 is 17.6 Å². The number of fused-ring (bicyclic) bond motifs is 1. The molecular formula is C25H25FN2O3S2. The fourth-order valence-corrected chi connectivity index (χ4v) is 6.08. The second-order valence-corrected chi connectivity index (χ2v) is 10.6. The van der Waals surface area contributed by atoms with Gasteiger partial charge in [-0.05, 0) is 65.8 Å². The molecule has 3 aromatic carbocycles. The number of sulfonamides is 1. The predicted octanol–water partition coefficient (Wildman–Crippen LogP) is 4.54. The molecule has 8 heteroatoms. The molecule has 1 aliphatic heterocycles. The van der Waals surface area contributed by atoms with Crippen LogP contribution in [0, 0.1) is 5.82 Å². The Morgan fingerprint density at radius 1 is 1.06 bits per heavy atom. The molecule has 0 fully saturated rings. The number of nitrogens with zero attached hydrogens (tertiary/aromatic N) is 1. The molecule has 1 N–H and O–H groups in total. The summed E-state index contributed by atoms with van der Waals surface area (Å²) in [4.78, 5) is 14.0. The van der Waals surface area contributed by atoms with Gasteiger partial charge >= 0.3 is 0 Å². The Balaban J connectivity index is 1.56. The molecule has 1 atom stereocenters. The highest BCUT2D eigenvalue weighted by molar-refractivity contribution is 7.98. The number of hydrogen-bond donors (Lipinski definition) is 1. The maximum Gasteiger partial charge on any atom is 0.243 e. The number of benzene rings is 3. The Morgan fingerprint density at radius 2 is 1.76 bits per heavy atom. The molecule has 0 saturated carbocycles. The van der Waals surface area contributed by atoms with Crippen molar-refractivity contribution in [2.75, 3.05) is 12.8 Å². The quantitative estimate of drug-likeness (QED) is 0.500. The first-order valence-corrected chi connectivity index (χ1v) is 13.3. The Kier molecular flexibility index (Phi) is 7.17. The van der Waals surface area contributed by atoms with Gasteiger partial charge in [0, 0.05) is 24.4 Å². The first-order valence-electron chi connectivity index (χ1n) is 10.6. The van der Waals surface area contributed by atoms with Gasteiger partial charge in [-0.15, -0.1) is 11.8 Å². The van der Waals surface area contributed by atoms with Gasteiger partial charge in [0.05, 0.1) is 10.9 Å². The summed E-state index contributed by atoms with van der Waals surface area (Å²) in [6, 6.07) is 19.7.